The van der Waals surface area contributed by atoms with E-state index in [0.717, 1.165) is 5.02 Å². The molecule has 0 heterocycles. The predicted octanol–water partition coefficient (Wildman–Crippen LogP) is 2.28. The number of hydrogen-bond donors (Lipinski definition) is 2. The zero-order valence-electron chi connectivity index (χ0n) is 7.89. The van der Waals surface area contributed by atoms with Crippen LogP contribution in [0.25, 0.3) is 0 Å². The standard InChI is InChI=1S/C6H5Cl.C4H6O4/c7-6-4-2-1-3-5-6;5-3(6)1-2-4(7)8/h1-5H;1-2H2,(H,5,6)(H,7,8). The highest BCUT2D eigenvalue weighted by Gasteiger charge is 2.00. The minimum Gasteiger partial charge on any atom is -0.481 e. The molecule has 1 aromatic carbocycles. The highest BCUT2D eigenvalue weighted by molar-refractivity contribution is 6.30. The van der Waals surface area contributed by atoms with Gasteiger partial charge in [-0.15, -0.1) is 0 Å². The molecule has 0 aliphatic heterocycles. The number of rotatable bonds is 3. The van der Waals surface area contributed by atoms with Crippen LogP contribution in [0.2, 0.25) is 5.02 Å². The number of carboxylic acids is 2. The Morgan fingerprint density at radius 3 is 1.60 bits per heavy atom. The molecular formula is C10H11ClO4. The van der Waals surface area contributed by atoms with E-state index >= 15 is 0 Å². The molecule has 0 amide bonds. The molecule has 0 aliphatic rings. The number of aliphatic carboxylic acids is 2. The quantitative estimate of drug-likeness (QED) is 0.835. The van der Waals surface area contributed by atoms with E-state index in [9.17, 15) is 9.59 Å². The number of carbonyl (C=O) groups is 2. The first kappa shape index (κ1) is 13.4. The third-order valence-electron chi connectivity index (χ3n) is 1.29. The molecule has 0 spiro atoms. The average molecular weight is 231 g/mol. The summed E-state index contributed by atoms with van der Waals surface area (Å²) in [6.45, 7) is 0. The molecule has 15 heavy (non-hydrogen) atoms. The fourth-order valence-corrected chi connectivity index (χ4v) is 0.774. The summed E-state index contributed by atoms with van der Waals surface area (Å²) in [5.41, 5.74) is 0. The molecule has 1 aromatic rings. The van der Waals surface area contributed by atoms with E-state index in [1.54, 1.807) is 0 Å². The first-order valence-corrected chi connectivity index (χ1v) is 4.54. The van der Waals surface area contributed by atoms with Crippen molar-refractivity contribution in [3.05, 3.63) is 35.4 Å². The van der Waals surface area contributed by atoms with E-state index in [2.05, 4.69) is 0 Å². The molecule has 0 saturated carbocycles. The summed E-state index contributed by atoms with van der Waals surface area (Å²) in [6, 6.07) is 9.44. The number of hydrogen-bond acceptors (Lipinski definition) is 2. The lowest BCUT2D eigenvalue weighted by Crippen LogP contribution is -2.00. The number of carboxylic acid groups (broad SMARTS) is 2. The van der Waals surface area contributed by atoms with Crippen LogP contribution >= 0.6 is 11.6 Å². The Hall–Kier alpha value is -1.55. The van der Waals surface area contributed by atoms with Crippen LogP contribution in [-0.4, -0.2) is 22.2 Å². The Bertz CT molecular complexity index is 296. The second kappa shape index (κ2) is 7.82. The van der Waals surface area contributed by atoms with Gasteiger partial charge in [-0.2, -0.15) is 0 Å². The Kier molecular flexibility index (Phi) is 7.01. The maximum absolute atomic E-state index is 9.64. The maximum Gasteiger partial charge on any atom is 0.303 e. The van der Waals surface area contributed by atoms with Gasteiger partial charge >= 0.3 is 11.9 Å². The first-order valence-electron chi connectivity index (χ1n) is 4.16. The maximum atomic E-state index is 9.64. The van der Waals surface area contributed by atoms with E-state index in [4.69, 9.17) is 21.8 Å². The van der Waals surface area contributed by atoms with E-state index in [0.29, 0.717) is 0 Å². The number of benzene rings is 1. The lowest BCUT2D eigenvalue weighted by Gasteiger charge is -1.85. The second-order valence-electron chi connectivity index (χ2n) is 2.58. The van der Waals surface area contributed by atoms with Crippen LogP contribution < -0.4 is 0 Å². The van der Waals surface area contributed by atoms with Gasteiger partial charge in [-0.05, 0) is 12.1 Å². The van der Waals surface area contributed by atoms with Crippen LogP contribution in [0.1, 0.15) is 12.8 Å². The summed E-state index contributed by atoms with van der Waals surface area (Å²) in [5, 5.41) is 16.6. The largest absolute Gasteiger partial charge is 0.481 e. The van der Waals surface area contributed by atoms with Gasteiger partial charge in [-0.3, -0.25) is 9.59 Å². The summed E-state index contributed by atoms with van der Waals surface area (Å²) in [6.07, 6.45) is -0.593. The van der Waals surface area contributed by atoms with E-state index in [1.807, 2.05) is 30.3 Å². The van der Waals surface area contributed by atoms with Crippen LogP contribution in [0.4, 0.5) is 0 Å². The summed E-state index contributed by atoms with van der Waals surface area (Å²) in [4.78, 5) is 19.3. The highest BCUT2D eigenvalue weighted by atomic mass is 35.5. The molecule has 0 atom stereocenters. The van der Waals surface area contributed by atoms with Crippen LogP contribution in [0.5, 0.6) is 0 Å². The average Bonchev–Trinajstić information content (AvgIpc) is 2.17. The molecule has 4 nitrogen and oxygen atoms in total. The van der Waals surface area contributed by atoms with Crippen molar-refractivity contribution in [3.8, 4) is 0 Å². The molecular weight excluding hydrogens is 220 g/mol. The fraction of sp³-hybridized carbons (Fsp3) is 0.200. The van der Waals surface area contributed by atoms with Gasteiger partial charge in [0.2, 0.25) is 0 Å². The fourth-order valence-electron chi connectivity index (χ4n) is 0.629. The van der Waals surface area contributed by atoms with Crippen molar-refractivity contribution in [2.45, 2.75) is 12.8 Å². The summed E-state index contributed by atoms with van der Waals surface area (Å²) in [5.74, 6) is -2.15. The Morgan fingerprint density at radius 1 is 1.00 bits per heavy atom. The molecule has 82 valence electrons. The topological polar surface area (TPSA) is 74.6 Å². The van der Waals surface area contributed by atoms with E-state index in [1.165, 1.54) is 0 Å². The van der Waals surface area contributed by atoms with Gasteiger partial charge < -0.3 is 10.2 Å². The minimum atomic E-state index is -1.08. The van der Waals surface area contributed by atoms with Gasteiger partial charge in [0.05, 0.1) is 12.8 Å². The first-order chi connectivity index (χ1) is 7.02. The summed E-state index contributed by atoms with van der Waals surface area (Å²) >= 11 is 5.54. The molecule has 0 unspecified atom stereocenters. The van der Waals surface area contributed by atoms with Crippen LogP contribution in [-0.2, 0) is 9.59 Å². The van der Waals surface area contributed by atoms with Crippen molar-refractivity contribution in [3.63, 3.8) is 0 Å². The lowest BCUT2D eigenvalue weighted by atomic mass is 10.3. The van der Waals surface area contributed by atoms with Crippen molar-refractivity contribution in [2.24, 2.45) is 0 Å². The van der Waals surface area contributed by atoms with Gasteiger partial charge in [0.1, 0.15) is 0 Å². The summed E-state index contributed by atoms with van der Waals surface area (Å²) in [7, 11) is 0. The van der Waals surface area contributed by atoms with Crippen molar-refractivity contribution in [1.29, 1.82) is 0 Å². The Morgan fingerprint density at radius 2 is 1.40 bits per heavy atom. The smallest absolute Gasteiger partial charge is 0.303 e. The Balaban J connectivity index is 0.000000262. The van der Waals surface area contributed by atoms with E-state index < -0.39 is 11.9 Å². The number of halogens is 1. The third kappa shape index (κ3) is 10.4. The molecule has 0 saturated heterocycles. The molecule has 1 rings (SSSR count). The zero-order valence-corrected chi connectivity index (χ0v) is 8.65. The van der Waals surface area contributed by atoms with Crippen molar-refractivity contribution in [2.75, 3.05) is 0 Å². The van der Waals surface area contributed by atoms with Crippen LogP contribution in [0.3, 0.4) is 0 Å². The molecule has 0 aliphatic carbocycles. The molecule has 0 radical (unpaired) electrons. The SMILES string of the molecule is Clc1ccccc1.O=C(O)CCC(=O)O. The van der Waals surface area contributed by atoms with Gasteiger partial charge in [-0.1, -0.05) is 29.8 Å². The normalized spacial score (nSPS) is 8.60. The van der Waals surface area contributed by atoms with Crippen molar-refractivity contribution < 1.29 is 19.8 Å². The third-order valence-corrected chi connectivity index (χ3v) is 1.54. The van der Waals surface area contributed by atoms with Crippen molar-refractivity contribution in [1.82, 2.24) is 0 Å². The van der Waals surface area contributed by atoms with Crippen LogP contribution in [0, 0.1) is 0 Å². The molecule has 5 heteroatoms. The lowest BCUT2D eigenvalue weighted by molar-refractivity contribution is -0.143. The minimum absolute atomic E-state index is 0.296. The predicted molar refractivity (Wildman–Crippen MR) is 56.0 cm³/mol. The molecule has 2 N–H and O–H groups in total. The van der Waals surface area contributed by atoms with Gasteiger partial charge in [0.25, 0.3) is 0 Å². The zero-order chi connectivity index (χ0) is 11.7. The van der Waals surface area contributed by atoms with Crippen molar-refractivity contribution >= 4 is 23.5 Å². The molecule has 0 bridgehead atoms. The monoisotopic (exact) mass is 230 g/mol. The second-order valence-corrected chi connectivity index (χ2v) is 3.02. The van der Waals surface area contributed by atoms with E-state index in [-0.39, 0.29) is 12.8 Å². The van der Waals surface area contributed by atoms with Gasteiger partial charge in [-0.25, -0.2) is 0 Å². The Labute approximate surface area is 92.1 Å². The summed E-state index contributed by atoms with van der Waals surface area (Å²) < 4.78 is 0. The van der Waals surface area contributed by atoms with Gasteiger partial charge in [0.15, 0.2) is 0 Å². The molecule has 0 aromatic heterocycles. The van der Waals surface area contributed by atoms with Crippen LogP contribution in [0.15, 0.2) is 30.3 Å². The van der Waals surface area contributed by atoms with Gasteiger partial charge in [0, 0.05) is 5.02 Å². The molecule has 0 fully saturated rings. The highest BCUT2D eigenvalue weighted by Crippen LogP contribution is 2.03.